The van der Waals surface area contributed by atoms with Gasteiger partial charge in [0.1, 0.15) is 5.75 Å². The molecule has 0 atom stereocenters. The summed E-state index contributed by atoms with van der Waals surface area (Å²) in [6.45, 7) is 8.29. The molecule has 0 fully saturated rings. The number of nitro benzene ring substituents is 1. The van der Waals surface area contributed by atoms with Gasteiger partial charge in [-0.2, -0.15) is 0 Å². The topological polar surface area (TPSA) is 72.7 Å². The third-order valence-electron chi connectivity index (χ3n) is 2.67. The van der Waals surface area contributed by atoms with Crippen molar-refractivity contribution in [1.29, 1.82) is 0 Å². The van der Waals surface area contributed by atoms with Gasteiger partial charge in [-0.25, -0.2) is 0 Å². The number of nitro groups is 1. The number of hydrogen-bond donors (Lipinski definition) is 0. The smallest absolute Gasteiger partial charge is 0.271 e. The number of non-ortho nitro benzene ring substituents is 1. The minimum atomic E-state index is -0.549. The normalized spacial score (nSPS) is 10.0. The highest BCUT2D eigenvalue weighted by Gasteiger charge is 2.15. The van der Waals surface area contributed by atoms with Crippen LogP contribution in [0.15, 0.2) is 30.4 Å². The predicted octanol–water partition coefficient (Wildman–Crippen LogP) is 3.05. The van der Waals surface area contributed by atoms with Crippen molar-refractivity contribution >= 4 is 23.2 Å². The van der Waals surface area contributed by atoms with Crippen molar-refractivity contribution in [3.8, 4) is 5.75 Å². The molecule has 114 valence electrons. The molecule has 0 aliphatic rings. The Balaban J connectivity index is 2.68. The Morgan fingerprint density at radius 3 is 2.67 bits per heavy atom. The molecule has 7 heteroatoms. The quantitative estimate of drug-likeness (QED) is 0.440. The van der Waals surface area contributed by atoms with Gasteiger partial charge in [0, 0.05) is 25.2 Å². The summed E-state index contributed by atoms with van der Waals surface area (Å²) >= 11 is 5.89. The van der Waals surface area contributed by atoms with Crippen molar-refractivity contribution in [3.63, 3.8) is 0 Å². The van der Waals surface area contributed by atoms with E-state index in [4.69, 9.17) is 16.3 Å². The predicted molar refractivity (Wildman–Crippen MR) is 80.7 cm³/mol. The molecule has 6 nitrogen and oxygen atoms in total. The number of carbonyl (C=O) groups is 1. The van der Waals surface area contributed by atoms with E-state index in [2.05, 4.69) is 6.58 Å². The maximum absolute atomic E-state index is 12.0. The Labute approximate surface area is 128 Å². The second-order valence-corrected chi connectivity index (χ2v) is 4.93. The van der Waals surface area contributed by atoms with Gasteiger partial charge in [-0.15, -0.1) is 0 Å². The minimum Gasteiger partial charge on any atom is -0.482 e. The molecule has 0 unspecified atom stereocenters. The highest BCUT2D eigenvalue weighted by atomic mass is 35.5. The van der Waals surface area contributed by atoms with Crippen molar-refractivity contribution in [1.82, 2.24) is 4.90 Å². The van der Waals surface area contributed by atoms with E-state index >= 15 is 0 Å². The minimum absolute atomic E-state index is 0.0972. The Kier molecular flexibility index (Phi) is 6.17. The van der Waals surface area contributed by atoms with Crippen LogP contribution >= 0.6 is 11.6 Å². The first kappa shape index (κ1) is 17.0. The maximum atomic E-state index is 12.0. The number of halogens is 1. The van der Waals surface area contributed by atoms with Gasteiger partial charge in [0.15, 0.2) is 6.61 Å². The SMILES string of the molecule is C=C(C)CN(CC)C(=O)COc1ccc([N+](=O)[O-])cc1Cl. The second kappa shape index (κ2) is 7.64. The van der Waals surface area contributed by atoms with Crippen molar-refractivity contribution in [2.45, 2.75) is 13.8 Å². The second-order valence-electron chi connectivity index (χ2n) is 4.53. The molecule has 1 amide bonds. The number of rotatable bonds is 7. The van der Waals surface area contributed by atoms with E-state index in [9.17, 15) is 14.9 Å². The van der Waals surface area contributed by atoms with Crippen molar-refractivity contribution in [3.05, 3.63) is 45.5 Å². The zero-order valence-corrected chi connectivity index (χ0v) is 12.7. The van der Waals surface area contributed by atoms with Crippen LogP contribution in [0.4, 0.5) is 5.69 Å². The molecule has 0 radical (unpaired) electrons. The number of benzene rings is 1. The third kappa shape index (κ3) is 5.07. The molecule has 0 heterocycles. The lowest BCUT2D eigenvalue weighted by Crippen LogP contribution is -2.35. The Bertz CT molecular complexity index is 560. The largest absolute Gasteiger partial charge is 0.482 e. The number of hydrogen-bond acceptors (Lipinski definition) is 4. The lowest BCUT2D eigenvalue weighted by molar-refractivity contribution is -0.384. The van der Waals surface area contributed by atoms with E-state index in [1.807, 2.05) is 13.8 Å². The van der Waals surface area contributed by atoms with Gasteiger partial charge in [0.25, 0.3) is 11.6 Å². The summed E-state index contributed by atoms with van der Waals surface area (Å²) in [6, 6.07) is 3.84. The van der Waals surface area contributed by atoms with Gasteiger partial charge < -0.3 is 9.64 Å². The Morgan fingerprint density at radius 1 is 1.52 bits per heavy atom. The molecule has 1 rings (SSSR count). The number of ether oxygens (including phenoxy) is 1. The Morgan fingerprint density at radius 2 is 2.19 bits per heavy atom. The fraction of sp³-hybridized carbons (Fsp3) is 0.357. The van der Waals surface area contributed by atoms with Gasteiger partial charge in [-0.05, 0) is 19.9 Å². The zero-order valence-electron chi connectivity index (χ0n) is 12.0. The summed E-state index contributed by atoms with van der Waals surface area (Å²) < 4.78 is 5.32. The Hall–Kier alpha value is -2.08. The van der Waals surface area contributed by atoms with E-state index in [-0.39, 0.29) is 29.0 Å². The fourth-order valence-electron chi connectivity index (χ4n) is 1.65. The molecule has 0 N–H and O–H groups in total. The van der Waals surface area contributed by atoms with Crippen LogP contribution < -0.4 is 4.74 Å². The highest BCUT2D eigenvalue weighted by molar-refractivity contribution is 6.32. The van der Waals surface area contributed by atoms with E-state index in [1.54, 1.807) is 4.90 Å². The number of carbonyl (C=O) groups excluding carboxylic acids is 1. The van der Waals surface area contributed by atoms with Gasteiger partial charge in [-0.1, -0.05) is 23.8 Å². The molecule has 21 heavy (non-hydrogen) atoms. The van der Waals surface area contributed by atoms with Crippen LogP contribution in [0, 0.1) is 10.1 Å². The van der Waals surface area contributed by atoms with Crippen LogP contribution in [-0.4, -0.2) is 35.4 Å². The number of likely N-dealkylation sites (N-methyl/N-ethyl adjacent to an activating group) is 1. The summed E-state index contributed by atoms with van der Waals surface area (Å²) in [5, 5.41) is 10.7. The summed E-state index contributed by atoms with van der Waals surface area (Å²) in [5.74, 6) is 0.0388. The van der Waals surface area contributed by atoms with Crippen LogP contribution in [0.2, 0.25) is 5.02 Å². The zero-order chi connectivity index (χ0) is 16.0. The first-order valence-corrected chi connectivity index (χ1v) is 6.71. The van der Waals surface area contributed by atoms with Crippen LogP contribution in [-0.2, 0) is 4.79 Å². The molecule has 1 aromatic carbocycles. The monoisotopic (exact) mass is 312 g/mol. The summed E-state index contributed by atoms with van der Waals surface area (Å²) in [4.78, 5) is 23.6. The molecular weight excluding hydrogens is 296 g/mol. The van der Waals surface area contributed by atoms with Crippen LogP contribution in [0.5, 0.6) is 5.75 Å². The van der Waals surface area contributed by atoms with E-state index in [0.29, 0.717) is 13.1 Å². The van der Waals surface area contributed by atoms with Gasteiger partial charge in [0.05, 0.1) is 9.95 Å². The molecular formula is C14H17ClN2O4. The summed E-state index contributed by atoms with van der Waals surface area (Å²) in [5.41, 5.74) is 0.745. The number of nitrogens with zero attached hydrogens (tertiary/aromatic N) is 2. The number of amides is 1. The first-order chi connectivity index (χ1) is 9.85. The fourth-order valence-corrected chi connectivity index (χ4v) is 1.88. The van der Waals surface area contributed by atoms with Crippen molar-refractivity contribution < 1.29 is 14.5 Å². The standard InChI is InChI=1S/C14H17ClN2O4/c1-4-16(8-10(2)3)14(18)9-21-13-6-5-11(17(19)20)7-12(13)15/h5-7H,2,4,8-9H2,1,3H3. The maximum Gasteiger partial charge on any atom is 0.271 e. The average Bonchev–Trinajstić information content (AvgIpc) is 2.42. The van der Waals surface area contributed by atoms with E-state index < -0.39 is 4.92 Å². The summed E-state index contributed by atoms with van der Waals surface area (Å²) in [6.07, 6.45) is 0. The lowest BCUT2D eigenvalue weighted by Gasteiger charge is -2.21. The molecule has 0 saturated heterocycles. The van der Waals surface area contributed by atoms with Gasteiger partial charge in [-0.3, -0.25) is 14.9 Å². The lowest BCUT2D eigenvalue weighted by atomic mass is 10.3. The molecule has 0 spiro atoms. The van der Waals surface area contributed by atoms with Crippen molar-refractivity contribution in [2.24, 2.45) is 0 Å². The van der Waals surface area contributed by atoms with Crippen LogP contribution in [0.1, 0.15) is 13.8 Å². The van der Waals surface area contributed by atoms with Crippen LogP contribution in [0.3, 0.4) is 0 Å². The summed E-state index contributed by atoms with van der Waals surface area (Å²) in [7, 11) is 0. The van der Waals surface area contributed by atoms with E-state index in [0.717, 1.165) is 5.57 Å². The molecule has 0 aliphatic heterocycles. The molecule has 0 bridgehead atoms. The average molecular weight is 313 g/mol. The van der Waals surface area contributed by atoms with E-state index in [1.165, 1.54) is 18.2 Å². The van der Waals surface area contributed by atoms with Gasteiger partial charge >= 0.3 is 0 Å². The van der Waals surface area contributed by atoms with Gasteiger partial charge in [0.2, 0.25) is 0 Å². The molecule has 0 aromatic heterocycles. The van der Waals surface area contributed by atoms with Crippen LogP contribution in [0.25, 0.3) is 0 Å². The third-order valence-corrected chi connectivity index (χ3v) is 2.97. The molecule has 1 aromatic rings. The highest BCUT2D eigenvalue weighted by Crippen LogP contribution is 2.28. The first-order valence-electron chi connectivity index (χ1n) is 6.34. The molecule has 0 aliphatic carbocycles. The van der Waals surface area contributed by atoms with Crippen molar-refractivity contribution in [2.75, 3.05) is 19.7 Å². The molecule has 0 saturated carbocycles.